The second-order valence-electron chi connectivity index (χ2n) is 4.85. The zero-order valence-electron chi connectivity index (χ0n) is 11.3. The van der Waals surface area contributed by atoms with Gasteiger partial charge in [0.1, 0.15) is 5.56 Å². The van der Waals surface area contributed by atoms with Crippen LogP contribution in [0.3, 0.4) is 0 Å². The van der Waals surface area contributed by atoms with E-state index in [1.165, 1.54) is 19.0 Å². The fraction of sp³-hybridized carbons (Fsp3) is 0.571. The molecule has 2 rings (SSSR count). The normalized spacial score (nSPS) is 22.4. The molecule has 0 bridgehead atoms. The Kier molecular flexibility index (Phi) is 4.69. The second-order valence-corrected chi connectivity index (χ2v) is 6.37. The number of hydrogen-bond donors (Lipinski definition) is 2. The van der Waals surface area contributed by atoms with Crippen molar-refractivity contribution < 1.29 is 9.90 Å². The smallest absolute Gasteiger partial charge is 0.339 e. The van der Waals surface area contributed by atoms with Gasteiger partial charge < -0.3 is 10.4 Å². The first kappa shape index (κ1) is 14.2. The number of aromatic carboxylic acids is 1. The number of nitrogens with one attached hydrogen (secondary N) is 1. The lowest BCUT2D eigenvalue weighted by atomic mass is 10.1. The molecule has 0 aromatic carbocycles. The van der Waals surface area contributed by atoms with Gasteiger partial charge >= 0.3 is 5.97 Å². The van der Waals surface area contributed by atoms with Crippen LogP contribution in [0.5, 0.6) is 0 Å². The lowest BCUT2D eigenvalue weighted by Gasteiger charge is -2.22. The van der Waals surface area contributed by atoms with Gasteiger partial charge in [-0.1, -0.05) is 13.3 Å². The van der Waals surface area contributed by atoms with Crippen LogP contribution in [0.4, 0.5) is 5.69 Å². The average molecular weight is 280 g/mol. The minimum absolute atomic E-state index is 0.262. The summed E-state index contributed by atoms with van der Waals surface area (Å²) >= 11 is 1.96. The summed E-state index contributed by atoms with van der Waals surface area (Å²) in [6.07, 6.45) is 4.97. The first-order valence-electron chi connectivity index (χ1n) is 6.70. The molecule has 0 aliphatic heterocycles. The van der Waals surface area contributed by atoms with E-state index in [9.17, 15) is 9.90 Å². The summed E-state index contributed by atoms with van der Waals surface area (Å²) in [5.41, 5.74) is 1.80. The van der Waals surface area contributed by atoms with Gasteiger partial charge in [0.05, 0.1) is 5.69 Å². The van der Waals surface area contributed by atoms with Gasteiger partial charge in [-0.2, -0.15) is 11.8 Å². The molecule has 1 heterocycles. The Hall–Kier alpha value is -1.23. The Morgan fingerprint density at radius 3 is 3.05 bits per heavy atom. The van der Waals surface area contributed by atoms with Crippen molar-refractivity contribution in [3.8, 4) is 0 Å². The van der Waals surface area contributed by atoms with Crippen LogP contribution < -0.4 is 5.32 Å². The SMILES string of the molecule is CCSC1CCCC1Nc1cc(C)ncc1C(=O)O. The molecule has 1 aromatic heterocycles. The summed E-state index contributed by atoms with van der Waals surface area (Å²) in [5.74, 6) is 0.178. The molecule has 19 heavy (non-hydrogen) atoms. The van der Waals surface area contributed by atoms with Crippen LogP contribution >= 0.6 is 11.8 Å². The van der Waals surface area contributed by atoms with Crippen molar-refractivity contribution in [1.82, 2.24) is 4.98 Å². The van der Waals surface area contributed by atoms with E-state index in [0.29, 0.717) is 17.0 Å². The number of carboxylic acid groups (broad SMARTS) is 1. The van der Waals surface area contributed by atoms with Crippen LogP contribution in [-0.4, -0.2) is 33.1 Å². The van der Waals surface area contributed by atoms with Crippen molar-refractivity contribution in [2.45, 2.75) is 44.4 Å². The highest BCUT2D eigenvalue weighted by Gasteiger charge is 2.28. The Morgan fingerprint density at radius 1 is 1.58 bits per heavy atom. The topological polar surface area (TPSA) is 62.2 Å². The molecule has 104 valence electrons. The molecule has 2 unspecified atom stereocenters. The minimum atomic E-state index is -0.923. The van der Waals surface area contributed by atoms with Crippen molar-refractivity contribution in [1.29, 1.82) is 0 Å². The van der Waals surface area contributed by atoms with E-state index in [2.05, 4.69) is 17.2 Å². The zero-order valence-corrected chi connectivity index (χ0v) is 12.2. The number of carboxylic acids is 1. The van der Waals surface area contributed by atoms with Crippen LogP contribution in [0, 0.1) is 6.92 Å². The number of aromatic nitrogens is 1. The third-order valence-corrected chi connectivity index (χ3v) is 4.77. The van der Waals surface area contributed by atoms with Gasteiger partial charge in [-0.05, 0) is 31.6 Å². The summed E-state index contributed by atoms with van der Waals surface area (Å²) < 4.78 is 0. The molecule has 5 heteroatoms. The summed E-state index contributed by atoms with van der Waals surface area (Å²) in [4.78, 5) is 15.3. The van der Waals surface area contributed by atoms with E-state index in [1.807, 2.05) is 24.8 Å². The minimum Gasteiger partial charge on any atom is -0.478 e. The van der Waals surface area contributed by atoms with Crippen molar-refractivity contribution in [2.75, 3.05) is 11.1 Å². The van der Waals surface area contributed by atoms with Gasteiger partial charge in [0.25, 0.3) is 0 Å². The number of carbonyl (C=O) groups is 1. The highest BCUT2D eigenvalue weighted by atomic mass is 32.2. The molecule has 4 nitrogen and oxygen atoms in total. The Balaban J connectivity index is 2.17. The number of pyridine rings is 1. The molecule has 0 amide bonds. The molecule has 1 fully saturated rings. The van der Waals surface area contributed by atoms with Crippen LogP contribution in [0.25, 0.3) is 0 Å². The first-order valence-corrected chi connectivity index (χ1v) is 7.74. The maximum Gasteiger partial charge on any atom is 0.339 e. The van der Waals surface area contributed by atoms with Crippen molar-refractivity contribution in [3.63, 3.8) is 0 Å². The van der Waals surface area contributed by atoms with Gasteiger partial charge in [-0.3, -0.25) is 4.98 Å². The highest BCUT2D eigenvalue weighted by Crippen LogP contribution is 2.32. The van der Waals surface area contributed by atoms with Gasteiger partial charge in [0, 0.05) is 23.2 Å². The molecule has 0 spiro atoms. The van der Waals surface area contributed by atoms with Crippen LogP contribution in [-0.2, 0) is 0 Å². The van der Waals surface area contributed by atoms with E-state index in [0.717, 1.165) is 17.9 Å². The van der Waals surface area contributed by atoms with E-state index in [-0.39, 0.29) is 5.56 Å². The van der Waals surface area contributed by atoms with E-state index in [4.69, 9.17) is 0 Å². The Bertz CT molecular complexity index is 465. The van der Waals surface area contributed by atoms with Crippen molar-refractivity contribution in [2.24, 2.45) is 0 Å². The average Bonchev–Trinajstić information content (AvgIpc) is 2.77. The number of aryl methyl sites for hydroxylation is 1. The summed E-state index contributed by atoms with van der Waals surface area (Å²) in [6, 6.07) is 2.19. The van der Waals surface area contributed by atoms with Crippen molar-refractivity contribution in [3.05, 3.63) is 23.5 Å². The number of thioether (sulfide) groups is 1. The van der Waals surface area contributed by atoms with Crippen LogP contribution in [0.2, 0.25) is 0 Å². The van der Waals surface area contributed by atoms with Gasteiger partial charge in [0.15, 0.2) is 0 Å². The predicted molar refractivity (Wildman–Crippen MR) is 79.1 cm³/mol. The summed E-state index contributed by atoms with van der Waals surface area (Å²) in [5, 5.41) is 13.2. The summed E-state index contributed by atoms with van der Waals surface area (Å²) in [7, 11) is 0. The molecule has 1 aliphatic rings. The molecule has 1 aromatic rings. The Morgan fingerprint density at radius 2 is 2.37 bits per heavy atom. The molecule has 2 N–H and O–H groups in total. The molecule has 0 radical (unpaired) electrons. The molecule has 1 aliphatic carbocycles. The number of rotatable bonds is 5. The van der Waals surface area contributed by atoms with Crippen molar-refractivity contribution >= 4 is 23.4 Å². The standard InChI is InChI=1S/C14H20N2O2S/c1-3-19-13-6-4-5-11(13)16-12-7-9(2)15-8-10(12)14(17)18/h7-8,11,13H,3-6H2,1-2H3,(H,15,16)(H,17,18). The molecular weight excluding hydrogens is 260 g/mol. The third-order valence-electron chi connectivity index (χ3n) is 3.45. The number of anilines is 1. The fourth-order valence-electron chi connectivity index (χ4n) is 2.55. The largest absolute Gasteiger partial charge is 0.478 e. The summed E-state index contributed by atoms with van der Waals surface area (Å²) in [6.45, 7) is 4.04. The molecule has 0 saturated heterocycles. The first-order chi connectivity index (χ1) is 9.11. The molecule has 1 saturated carbocycles. The van der Waals surface area contributed by atoms with E-state index < -0.39 is 5.97 Å². The molecular formula is C14H20N2O2S. The van der Waals surface area contributed by atoms with Crippen LogP contribution in [0.1, 0.15) is 42.2 Å². The quantitative estimate of drug-likeness (QED) is 0.867. The van der Waals surface area contributed by atoms with Gasteiger partial charge in [-0.25, -0.2) is 4.79 Å². The van der Waals surface area contributed by atoms with Gasteiger partial charge in [0.2, 0.25) is 0 Å². The third kappa shape index (κ3) is 3.41. The van der Waals surface area contributed by atoms with E-state index in [1.54, 1.807) is 0 Å². The predicted octanol–water partition coefficient (Wildman–Crippen LogP) is 3.17. The maximum atomic E-state index is 11.2. The highest BCUT2D eigenvalue weighted by molar-refractivity contribution is 7.99. The number of hydrogen-bond acceptors (Lipinski definition) is 4. The lowest BCUT2D eigenvalue weighted by Crippen LogP contribution is -2.27. The van der Waals surface area contributed by atoms with Gasteiger partial charge in [-0.15, -0.1) is 0 Å². The zero-order chi connectivity index (χ0) is 13.8. The van der Waals surface area contributed by atoms with E-state index >= 15 is 0 Å². The maximum absolute atomic E-state index is 11.2. The fourth-order valence-corrected chi connectivity index (χ4v) is 3.75. The number of nitrogens with zero attached hydrogens (tertiary/aromatic N) is 1. The molecule has 2 atom stereocenters. The monoisotopic (exact) mass is 280 g/mol. The van der Waals surface area contributed by atoms with Crippen LogP contribution in [0.15, 0.2) is 12.3 Å². The Labute approximate surface area is 118 Å². The lowest BCUT2D eigenvalue weighted by molar-refractivity contribution is 0.0697. The second kappa shape index (κ2) is 6.28.